The number of benzene rings is 2. The number of hydrogen-bond donors (Lipinski definition) is 0. The first-order chi connectivity index (χ1) is 14.8. The summed E-state index contributed by atoms with van der Waals surface area (Å²) < 4.78 is 42.9. The van der Waals surface area contributed by atoms with E-state index in [1.54, 1.807) is 35.6 Å². The molecule has 0 saturated heterocycles. The van der Waals surface area contributed by atoms with Gasteiger partial charge in [0.2, 0.25) is 5.91 Å². The van der Waals surface area contributed by atoms with Crippen LogP contribution in [0.4, 0.5) is 4.39 Å². The van der Waals surface area contributed by atoms with Crippen LogP contribution in [0, 0.1) is 5.82 Å². The average Bonchev–Trinajstić information content (AvgIpc) is 3.25. The highest BCUT2D eigenvalue weighted by Gasteiger charge is 2.21. The monoisotopic (exact) mass is 461 g/mol. The number of thiophene rings is 1. The van der Waals surface area contributed by atoms with Crippen molar-refractivity contribution in [2.24, 2.45) is 0 Å². The molecule has 5 nitrogen and oxygen atoms in total. The van der Waals surface area contributed by atoms with Gasteiger partial charge in [0, 0.05) is 17.5 Å². The van der Waals surface area contributed by atoms with Crippen molar-refractivity contribution in [3.63, 3.8) is 0 Å². The molecular weight excluding hydrogens is 437 g/mol. The number of rotatable bonds is 9. The van der Waals surface area contributed by atoms with E-state index in [-0.39, 0.29) is 22.6 Å². The third kappa shape index (κ3) is 6.15. The predicted octanol–water partition coefficient (Wildman–Crippen LogP) is 5.02. The van der Waals surface area contributed by atoms with Crippen LogP contribution in [0.1, 0.15) is 30.7 Å². The largest absolute Gasteiger partial charge is 0.379 e. The SMILES string of the molecule is CC[C@H](C)N(Cc1ccc(OS(=O)(=O)c2ccc(F)cc2)cc1)C(=O)Cc1cccs1. The molecule has 0 aliphatic heterocycles. The van der Waals surface area contributed by atoms with Gasteiger partial charge in [0.25, 0.3) is 0 Å². The van der Waals surface area contributed by atoms with Crippen LogP contribution in [-0.4, -0.2) is 25.3 Å². The molecule has 0 spiro atoms. The molecule has 0 aliphatic carbocycles. The molecule has 2 aromatic carbocycles. The van der Waals surface area contributed by atoms with Crippen LogP contribution in [0.2, 0.25) is 0 Å². The van der Waals surface area contributed by atoms with Gasteiger partial charge in [-0.15, -0.1) is 11.3 Å². The highest BCUT2D eigenvalue weighted by Crippen LogP contribution is 2.21. The topological polar surface area (TPSA) is 63.7 Å². The van der Waals surface area contributed by atoms with Crippen LogP contribution in [-0.2, 0) is 27.9 Å². The zero-order valence-corrected chi connectivity index (χ0v) is 19.0. The molecule has 0 fully saturated rings. The van der Waals surface area contributed by atoms with Gasteiger partial charge in [0.05, 0.1) is 6.42 Å². The Bertz CT molecular complexity index is 1100. The van der Waals surface area contributed by atoms with E-state index in [2.05, 4.69) is 0 Å². The van der Waals surface area contributed by atoms with Crippen LogP contribution in [0.5, 0.6) is 5.75 Å². The van der Waals surface area contributed by atoms with Crippen molar-refractivity contribution in [3.8, 4) is 5.75 Å². The van der Waals surface area contributed by atoms with Crippen molar-refractivity contribution >= 4 is 27.4 Å². The Morgan fingerprint density at radius 2 is 1.77 bits per heavy atom. The number of carbonyl (C=O) groups is 1. The fourth-order valence-corrected chi connectivity index (χ4v) is 4.62. The Hall–Kier alpha value is -2.71. The van der Waals surface area contributed by atoms with E-state index in [0.717, 1.165) is 41.1 Å². The zero-order chi connectivity index (χ0) is 22.4. The van der Waals surface area contributed by atoms with Crippen molar-refractivity contribution in [1.82, 2.24) is 4.90 Å². The van der Waals surface area contributed by atoms with Gasteiger partial charge >= 0.3 is 10.1 Å². The second kappa shape index (κ2) is 10.1. The van der Waals surface area contributed by atoms with E-state index >= 15 is 0 Å². The molecule has 0 radical (unpaired) electrons. The van der Waals surface area contributed by atoms with E-state index in [0.29, 0.717) is 13.0 Å². The summed E-state index contributed by atoms with van der Waals surface area (Å²) in [5, 5.41) is 1.95. The first-order valence-electron chi connectivity index (χ1n) is 9.89. The summed E-state index contributed by atoms with van der Waals surface area (Å²) in [7, 11) is -4.06. The first kappa shape index (κ1) is 23.0. The van der Waals surface area contributed by atoms with Crippen LogP contribution >= 0.6 is 11.3 Å². The lowest BCUT2D eigenvalue weighted by atomic mass is 10.1. The Morgan fingerprint density at radius 3 is 2.35 bits per heavy atom. The lowest BCUT2D eigenvalue weighted by molar-refractivity contribution is -0.133. The lowest BCUT2D eigenvalue weighted by Crippen LogP contribution is -2.38. The van der Waals surface area contributed by atoms with Crippen LogP contribution in [0.15, 0.2) is 70.9 Å². The maximum Gasteiger partial charge on any atom is 0.339 e. The lowest BCUT2D eigenvalue weighted by Gasteiger charge is -2.29. The molecule has 0 unspecified atom stereocenters. The summed E-state index contributed by atoms with van der Waals surface area (Å²) in [4.78, 5) is 15.6. The second-order valence-corrected chi connectivity index (χ2v) is 9.75. The number of halogens is 1. The number of nitrogens with zero attached hydrogens (tertiary/aromatic N) is 1. The van der Waals surface area contributed by atoms with E-state index in [1.165, 1.54) is 0 Å². The molecule has 0 N–H and O–H groups in total. The van der Waals surface area contributed by atoms with Crippen LogP contribution in [0.3, 0.4) is 0 Å². The van der Waals surface area contributed by atoms with Gasteiger partial charge in [-0.1, -0.05) is 25.1 Å². The van der Waals surface area contributed by atoms with Gasteiger partial charge in [-0.2, -0.15) is 8.42 Å². The summed E-state index contributed by atoms with van der Waals surface area (Å²) in [6.07, 6.45) is 1.19. The number of amides is 1. The van der Waals surface area contributed by atoms with Gasteiger partial charge in [-0.05, 0) is 66.8 Å². The highest BCUT2D eigenvalue weighted by atomic mass is 32.2. The molecule has 31 heavy (non-hydrogen) atoms. The summed E-state index contributed by atoms with van der Waals surface area (Å²) >= 11 is 1.56. The Morgan fingerprint density at radius 1 is 1.10 bits per heavy atom. The molecule has 0 bridgehead atoms. The van der Waals surface area contributed by atoms with Crippen molar-refractivity contribution in [2.45, 2.75) is 44.2 Å². The van der Waals surface area contributed by atoms with Gasteiger partial charge in [0.1, 0.15) is 16.5 Å². The van der Waals surface area contributed by atoms with Crippen LogP contribution < -0.4 is 4.18 Å². The minimum Gasteiger partial charge on any atom is -0.379 e. The fraction of sp³-hybridized carbons (Fsp3) is 0.261. The molecule has 0 aliphatic rings. The zero-order valence-electron chi connectivity index (χ0n) is 17.3. The number of hydrogen-bond acceptors (Lipinski definition) is 5. The minimum absolute atomic E-state index is 0.0519. The molecule has 1 atom stereocenters. The van der Waals surface area contributed by atoms with Crippen LogP contribution in [0.25, 0.3) is 0 Å². The molecule has 1 amide bonds. The Balaban J connectivity index is 1.70. The summed E-state index contributed by atoms with van der Waals surface area (Å²) in [6, 6.07) is 15.0. The molecule has 3 rings (SSSR count). The Kier molecular flexibility index (Phi) is 7.46. The standard InChI is InChI=1S/C23H24FNO4S2/c1-3-17(2)25(23(26)15-21-5-4-14-30-21)16-18-6-10-20(11-7-18)29-31(27,28)22-12-8-19(24)9-13-22/h4-14,17H,3,15-16H2,1-2H3/t17-/m0/s1. The fourth-order valence-electron chi connectivity index (χ4n) is 3.00. The maximum absolute atomic E-state index is 13.0. The third-order valence-electron chi connectivity index (χ3n) is 4.93. The van der Waals surface area contributed by atoms with E-state index in [4.69, 9.17) is 4.18 Å². The smallest absolute Gasteiger partial charge is 0.339 e. The number of carbonyl (C=O) groups excluding carboxylic acids is 1. The minimum atomic E-state index is -4.06. The van der Waals surface area contributed by atoms with Crippen molar-refractivity contribution in [1.29, 1.82) is 0 Å². The van der Waals surface area contributed by atoms with Gasteiger partial charge in [0.15, 0.2) is 0 Å². The predicted molar refractivity (Wildman–Crippen MR) is 119 cm³/mol. The van der Waals surface area contributed by atoms with Crippen molar-refractivity contribution in [3.05, 3.63) is 82.3 Å². The van der Waals surface area contributed by atoms with Gasteiger partial charge in [-0.3, -0.25) is 4.79 Å². The van der Waals surface area contributed by atoms with E-state index in [9.17, 15) is 17.6 Å². The summed E-state index contributed by atoms with van der Waals surface area (Å²) in [6.45, 7) is 4.47. The van der Waals surface area contributed by atoms with Crippen molar-refractivity contribution < 1.29 is 21.8 Å². The molecule has 0 saturated carbocycles. The second-order valence-electron chi connectivity index (χ2n) is 7.17. The normalized spacial score (nSPS) is 12.4. The van der Waals surface area contributed by atoms with E-state index in [1.807, 2.05) is 36.3 Å². The molecule has 164 valence electrons. The third-order valence-corrected chi connectivity index (χ3v) is 7.07. The molecule has 8 heteroatoms. The van der Waals surface area contributed by atoms with Gasteiger partial charge < -0.3 is 9.08 Å². The van der Waals surface area contributed by atoms with Crippen molar-refractivity contribution in [2.75, 3.05) is 0 Å². The molecule has 1 heterocycles. The molecular formula is C23H24FNO4S2. The molecule has 3 aromatic rings. The Labute approximate surface area is 186 Å². The highest BCUT2D eigenvalue weighted by molar-refractivity contribution is 7.87. The van der Waals surface area contributed by atoms with E-state index < -0.39 is 15.9 Å². The molecule has 1 aromatic heterocycles. The summed E-state index contributed by atoms with van der Waals surface area (Å²) in [5.74, 6) is -0.327. The first-order valence-corrected chi connectivity index (χ1v) is 12.2. The average molecular weight is 462 g/mol. The quantitative estimate of drug-likeness (QED) is 0.420. The summed E-state index contributed by atoms with van der Waals surface area (Å²) in [5.41, 5.74) is 0.867. The maximum atomic E-state index is 13.0. The van der Waals surface area contributed by atoms with Gasteiger partial charge in [-0.25, -0.2) is 4.39 Å².